The topological polar surface area (TPSA) is 134 Å². The molecule has 8 nitrogen and oxygen atoms in total. The molecule has 0 atom stereocenters. The van der Waals surface area contributed by atoms with Gasteiger partial charge in [0.1, 0.15) is 0 Å². The maximum Gasteiger partial charge on any atom is 0.335 e. The van der Waals surface area contributed by atoms with Crippen LogP contribution in [0.5, 0.6) is 0 Å². The number of carboxylic acids is 1. The van der Waals surface area contributed by atoms with E-state index in [4.69, 9.17) is 5.73 Å². The molecular weight excluding hydrogens is 420 g/mol. The average molecular weight is 442 g/mol. The number of nitrogens with one attached hydrogen (secondary N) is 3. The molecule has 0 bridgehead atoms. The molecule has 8 heteroatoms. The zero-order valence-electron chi connectivity index (χ0n) is 17.6. The molecule has 0 saturated carbocycles. The van der Waals surface area contributed by atoms with Crippen molar-refractivity contribution in [3.05, 3.63) is 95.1 Å². The van der Waals surface area contributed by atoms with Gasteiger partial charge < -0.3 is 26.8 Å². The summed E-state index contributed by atoms with van der Waals surface area (Å²) in [5.74, 6) is -1.67. The van der Waals surface area contributed by atoms with Crippen LogP contribution in [0.1, 0.15) is 31.8 Å². The largest absolute Gasteiger partial charge is 0.478 e. The van der Waals surface area contributed by atoms with Crippen LogP contribution in [0.2, 0.25) is 0 Å². The van der Waals surface area contributed by atoms with Gasteiger partial charge in [-0.25, -0.2) is 4.79 Å². The van der Waals surface area contributed by atoms with Crippen molar-refractivity contribution in [2.75, 3.05) is 23.7 Å². The van der Waals surface area contributed by atoms with Crippen LogP contribution < -0.4 is 21.7 Å². The molecule has 0 unspecified atom stereocenters. The Morgan fingerprint density at radius 3 is 2.39 bits per heavy atom. The summed E-state index contributed by atoms with van der Waals surface area (Å²) in [5, 5.41) is 18.1. The molecule has 3 aromatic carbocycles. The number of rotatable bonds is 7. The van der Waals surface area contributed by atoms with Crippen LogP contribution >= 0.6 is 0 Å². The van der Waals surface area contributed by atoms with Crippen LogP contribution in [0.3, 0.4) is 0 Å². The van der Waals surface area contributed by atoms with Crippen molar-refractivity contribution >= 4 is 40.4 Å². The second-order valence-electron chi connectivity index (χ2n) is 7.39. The zero-order chi connectivity index (χ0) is 23.4. The molecule has 4 rings (SSSR count). The highest BCUT2D eigenvalue weighted by Crippen LogP contribution is 2.38. The summed E-state index contributed by atoms with van der Waals surface area (Å²) < 4.78 is 0. The number of aromatic carboxylic acids is 1. The summed E-state index contributed by atoms with van der Waals surface area (Å²) in [4.78, 5) is 36.7. The molecule has 6 N–H and O–H groups in total. The molecule has 1 aliphatic heterocycles. The molecule has 0 radical (unpaired) electrons. The first kappa shape index (κ1) is 21.8. The summed E-state index contributed by atoms with van der Waals surface area (Å²) in [7, 11) is 0. The zero-order valence-corrected chi connectivity index (χ0v) is 17.6. The van der Waals surface area contributed by atoms with Crippen molar-refractivity contribution in [3.63, 3.8) is 0 Å². The number of anilines is 2. The fourth-order valence-electron chi connectivity index (χ4n) is 3.61. The average Bonchev–Trinajstić information content (AvgIpc) is 3.16. The molecule has 166 valence electrons. The molecule has 3 aromatic rings. The minimum absolute atomic E-state index is 0.0840. The third-order valence-corrected chi connectivity index (χ3v) is 5.15. The van der Waals surface area contributed by atoms with Crippen LogP contribution in [0.25, 0.3) is 11.3 Å². The maximum atomic E-state index is 13.0. The molecular formula is C25H22N4O4. The van der Waals surface area contributed by atoms with E-state index in [1.807, 2.05) is 30.3 Å². The Morgan fingerprint density at radius 1 is 0.909 bits per heavy atom. The van der Waals surface area contributed by atoms with Crippen molar-refractivity contribution in [3.8, 4) is 0 Å². The number of benzene rings is 3. The van der Waals surface area contributed by atoms with E-state index >= 15 is 0 Å². The van der Waals surface area contributed by atoms with Crippen molar-refractivity contribution in [2.45, 2.75) is 0 Å². The predicted octanol–water partition coefficient (Wildman–Crippen LogP) is 3.01. The molecule has 2 amide bonds. The first-order valence-corrected chi connectivity index (χ1v) is 10.3. The maximum absolute atomic E-state index is 13.0. The molecule has 1 heterocycles. The number of hydrogen-bond acceptors (Lipinski definition) is 5. The number of hydrogen-bond donors (Lipinski definition) is 5. The van der Waals surface area contributed by atoms with Crippen molar-refractivity contribution in [2.24, 2.45) is 5.73 Å². The van der Waals surface area contributed by atoms with Gasteiger partial charge in [-0.3, -0.25) is 9.59 Å². The molecule has 1 aliphatic rings. The first-order valence-electron chi connectivity index (χ1n) is 10.3. The van der Waals surface area contributed by atoms with Crippen molar-refractivity contribution < 1.29 is 19.5 Å². The normalized spacial score (nSPS) is 13.7. The summed E-state index contributed by atoms with van der Waals surface area (Å²) in [6.07, 6.45) is 0. The quantitative estimate of drug-likeness (QED) is 0.357. The Bertz CT molecular complexity index is 1270. The summed E-state index contributed by atoms with van der Waals surface area (Å²) in [5.41, 5.74) is 9.31. The summed E-state index contributed by atoms with van der Waals surface area (Å²) in [6.45, 7) is 0.705. The van der Waals surface area contributed by atoms with Gasteiger partial charge in [-0.05, 0) is 35.9 Å². The van der Waals surface area contributed by atoms with E-state index in [2.05, 4.69) is 16.0 Å². The van der Waals surface area contributed by atoms with E-state index in [-0.39, 0.29) is 17.4 Å². The lowest BCUT2D eigenvalue weighted by atomic mass is 9.99. The third-order valence-electron chi connectivity index (χ3n) is 5.15. The highest BCUT2D eigenvalue weighted by Gasteiger charge is 2.29. The van der Waals surface area contributed by atoms with E-state index in [0.29, 0.717) is 46.9 Å². The second-order valence-corrected chi connectivity index (χ2v) is 7.39. The van der Waals surface area contributed by atoms with Crippen LogP contribution in [0.4, 0.5) is 11.4 Å². The molecule has 0 saturated heterocycles. The Labute approximate surface area is 190 Å². The van der Waals surface area contributed by atoms with Crippen molar-refractivity contribution in [1.29, 1.82) is 0 Å². The minimum atomic E-state index is -1.07. The number of carbonyl (C=O) groups excluding carboxylic acids is 2. The Hall–Kier alpha value is -4.43. The molecule has 0 aromatic heterocycles. The number of nitrogens with two attached hydrogens (primary N) is 1. The highest BCUT2D eigenvalue weighted by molar-refractivity contribution is 6.37. The van der Waals surface area contributed by atoms with E-state index < -0.39 is 5.97 Å². The molecule has 0 aliphatic carbocycles. The fourth-order valence-corrected chi connectivity index (χ4v) is 3.61. The smallest absolute Gasteiger partial charge is 0.335 e. The van der Waals surface area contributed by atoms with Gasteiger partial charge in [0.25, 0.3) is 11.8 Å². The van der Waals surface area contributed by atoms with Gasteiger partial charge in [0.05, 0.1) is 22.5 Å². The Kier molecular flexibility index (Phi) is 6.19. The van der Waals surface area contributed by atoms with Gasteiger partial charge in [0.15, 0.2) is 0 Å². The minimum Gasteiger partial charge on any atom is -0.478 e. The van der Waals surface area contributed by atoms with Crippen LogP contribution in [-0.2, 0) is 4.79 Å². The van der Waals surface area contributed by atoms with E-state index in [1.54, 1.807) is 30.3 Å². The second kappa shape index (κ2) is 9.37. The lowest BCUT2D eigenvalue weighted by molar-refractivity contribution is -0.110. The first-order chi connectivity index (χ1) is 16.0. The number of carboxylic acid groups (broad SMARTS) is 1. The van der Waals surface area contributed by atoms with Gasteiger partial charge in [-0.1, -0.05) is 42.5 Å². The summed E-state index contributed by atoms with van der Waals surface area (Å²) in [6, 6.07) is 20.8. The lowest BCUT2D eigenvalue weighted by Crippen LogP contribution is -2.28. The number of amides is 2. The Morgan fingerprint density at radius 2 is 1.67 bits per heavy atom. The molecule has 33 heavy (non-hydrogen) atoms. The fraction of sp³-hybridized carbons (Fsp3) is 0.0800. The van der Waals surface area contributed by atoms with Gasteiger partial charge in [0, 0.05) is 29.9 Å². The van der Waals surface area contributed by atoms with Crippen LogP contribution in [-0.4, -0.2) is 36.0 Å². The van der Waals surface area contributed by atoms with Gasteiger partial charge >= 0.3 is 5.97 Å². The van der Waals surface area contributed by atoms with E-state index in [1.165, 1.54) is 12.1 Å². The standard InChI is InChI=1S/C25H22N4O4/c26-11-12-27-23(30)16-7-4-8-18(13-16)28-22(15-5-2-1-3-6-15)21-19-10-9-17(25(32)33)14-20(19)29-24(21)31/h1-10,13-14,28H,11-12,26H2,(H,27,30)(H,29,31)(H,32,33)/b22-21-. The van der Waals surface area contributed by atoms with Crippen LogP contribution in [0, 0.1) is 0 Å². The van der Waals surface area contributed by atoms with Gasteiger partial charge in [-0.2, -0.15) is 0 Å². The van der Waals surface area contributed by atoms with Crippen LogP contribution in [0.15, 0.2) is 72.8 Å². The molecule has 0 spiro atoms. The summed E-state index contributed by atoms with van der Waals surface area (Å²) >= 11 is 0. The number of carbonyl (C=O) groups is 3. The third kappa shape index (κ3) is 4.60. The van der Waals surface area contributed by atoms with Crippen molar-refractivity contribution in [1.82, 2.24) is 5.32 Å². The van der Waals surface area contributed by atoms with Gasteiger partial charge in [0.2, 0.25) is 0 Å². The molecule has 0 fully saturated rings. The predicted molar refractivity (Wildman–Crippen MR) is 127 cm³/mol. The van der Waals surface area contributed by atoms with E-state index in [9.17, 15) is 19.5 Å². The number of fused-ring (bicyclic) bond motifs is 1. The van der Waals surface area contributed by atoms with Gasteiger partial charge in [-0.15, -0.1) is 0 Å². The monoisotopic (exact) mass is 442 g/mol. The SMILES string of the molecule is NCCNC(=O)c1cccc(N/C(=C2\C(=O)Nc3cc(C(=O)O)ccc32)c2ccccc2)c1. The van der Waals surface area contributed by atoms with E-state index in [0.717, 1.165) is 5.56 Å². The highest BCUT2D eigenvalue weighted by atomic mass is 16.4. The lowest BCUT2D eigenvalue weighted by Gasteiger charge is -2.15. The Balaban J connectivity index is 1.79.